The Kier molecular flexibility index (Phi) is 8.01. The molecule has 2 amide bonds. The van der Waals surface area contributed by atoms with Gasteiger partial charge in [-0.15, -0.1) is 0 Å². The molecule has 2 rings (SSSR count). The van der Waals surface area contributed by atoms with Crippen LogP contribution in [0.2, 0.25) is 5.02 Å². The second-order valence-electron chi connectivity index (χ2n) is 7.06. The molecule has 1 saturated heterocycles. The normalized spacial score (nSPS) is 15.2. The lowest BCUT2D eigenvalue weighted by Gasteiger charge is -2.21. The predicted octanol–water partition coefficient (Wildman–Crippen LogP) is 2.99. The summed E-state index contributed by atoms with van der Waals surface area (Å²) in [4.78, 5) is 38.2. The third kappa shape index (κ3) is 6.65. The van der Waals surface area contributed by atoms with Crippen molar-refractivity contribution in [2.75, 3.05) is 44.6 Å². The molecule has 0 unspecified atom stereocenters. The van der Waals surface area contributed by atoms with Gasteiger partial charge >= 0.3 is 6.09 Å². The maximum absolute atomic E-state index is 12.3. The van der Waals surface area contributed by atoms with E-state index >= 15 is 0 Å². The molecular weight excluding hydrogens is 388 g/mol. The van der Waals surface area contributed by atoms with Crippen molar-refractivity contribution < 1.29 is 19.2 Å². The van der Waals surface area contributed by atoms with Crippen LogP contribution in [-0.4, -0.2) is 66.1 Å². The molecule has 1 aromatic rings. The highest BCUT2D eigenvalue weighted by molar-refractivity contribution is 6.34. The summed E-state index contributed by atoms with van der Waals surface area (Å²) in [5.74, 6) is 0.00829. The number of nitro benzene ring substituents is 1. The molecule has 1 aromatic carbocycles. The number of amides is 2. The van der Waals surface area contributed by atoms with Crippen LogP contribution in [0.5, 0.6) is 0 Å². The molecule has 0 saturated carbocycles. The summed E-state index contributed by atoms with van der Waals surface area (Å²) >= 11 is 6.00. The van der Waals surface area contributed by atoms with Crippen molar-refractivity contribution in [3.63, 3.8) is 0 Å². The van der Waals surface area contributed by atoms with E-state index in [1.54, 1.807) is 4.90 Å². The quantitative estimate of drug-likeness (QED) is 0.568. The van der Waals surface area contributed by atoms with Gasteiger partial charge in [-0.25, -0.2) is 4.79 Å². The number of nitrogens with one attached hydrogen (secondary N) is 1. The van der Waals surface area contributed by atoms with Crippen molar-refractivity contribution in [2.45, 2.75) is 20.3 Å². The Morgan fingerprint density at radius 2 is 2.04 bits per heavy atom. The molecule has 0 atom stereocenters. The van der Waals surface area contributed by atoms with Gasteiger partial charge in [-0.1, -0.05) is 25.4 Å². The predicted molar refractivity (Wildman–Crippen MR) is 106 cm³/mol. The average Bonchev–Trinajstić information content (AvgIpc) is 2.86. The number of ether oxygens (including phenoxy) is 1. The lowest BCUT2D eigenvalue weighted by molar-refractivity contribution is -0.384. The highest BCUT2D eigenvalue weighted by Crippen LogP contribution is 2.26. The maximum atomic E-state index is 12.3. The number of nitrogens with zero attached hydrogens (tertiary/aromatic N) is 3. The van der Waals surface area contributed by atoms with Gasteiger partial charge in [0.05, 0.1) is 28.8 Å². The van der Waals surface area contributed by atoms with Crippen molar-refractivity contribution >= 4 is 35.0 Å². The number of halogens is 1. The van der Waals surface area contributed by atoms with Crippen LogP contribution in [0.3, 0.4) is 0 Å². The van der Waals surface area contributed by atoms with Gasteiger partial charge in [0.25, 0.3) is 5.69 Å². The Hall–Kier alpha value is -2.39. The Morgan fingerprint density at radius 1 is 1.29 bits per heavy atom. The van der Waals surface area contributed by atoms with Crippen molar-refractivity contribution in [3.05, 3.63) is 33.3 Å². The number of hydrogen-bond acceptors (Lipinski definition) is 6. The van der Waals surface area contributed by atoms with Crippen molar-refractivity contribution in [1.29, 1.82) is 0 Å². The minimum Gasteiger partial charge on any atom is -0.449 e. The molecule has 0 radical (unpaired) electrons. The minimum atomic E-state index is -0.549. The van der Waals surface area contributed by atoms with E-state index in [2.05, 4.69) is 5.32 Å². The molecule has 1 heterocycles. The van der Waals surface area contributed by atoms with E-state index in [0.717, 1.165) is 6.42 Å². The molecule has 1 fully saturated rings. The first-order chi connectivity index (χ1) is 13.3. The van der Waals surface area contributed by atoms with Crippen LogP contribution in [0.15, 0.2) is 18.2 Å². The third-order valence-electron chi connectivity index (χ3n) is 4.19. The van der Waals surface area contributed by atoms with Gasteiger partial charge in [0.2, 0.25) is 5.91 Å². The minimum absolute atomic E-state index is 0.109. The molecule has 0 spiro atoms. The zero-order valence-electron chi connectivity index (χ0n) is 16.0. The zero-order chi connectivity index (χ0) is 20.7. The number of hydrogen-bond donors (Lipinski definition) is 1. The first kappa shape index (κ1) is 21.9. The summed E-state index contributed by atoms with van der Waals surface area (Å²) in [5.41, 5.74) is 0.186. The standard InChI is InChI=1S/C18H25ClN4O5/c1-13(2)12-28-18(25)22-7-3-6-21(8-9-22)11-17(24)20-16-5-4-14(23(26)27)10-15(16)19/h4-5,10,13H,3,6-9,11-12H2,1-2H3,(H,20,24). The van der Waals surface area contributed by atoms with Crippen LogP contribution in [0, 0.1) is 16.0 Å². The third-order valence-corrected chi connectivity index (χ3v) is 4.50. The van der Waals surface area contributed by atoms with Crippen molar-refractivity contribution in [3.8, 4) is 0 Å². The molecule has 1 aliphatic rings. The largest absolute Gasteiger partial charge is 0.449 e. The molecule has 0 bridgehead atoms. The van der Waals surface area contributed by atoms with Gasteiger partial charge in [-0.3, -0.25) is 19.8 Å². The number of nitro groups is 1. The second kappa shape index (κ2) is 10.2. The first-order valence-corrected chi connectivity index (χ1v) is 9.52. The average molecular weight is 413 g/mol. The number of benzene rings is 1. The lowest BCUT2D eigenvalue weighted by atomic mass is 10.2. The SMILES string of the molecule is CC(C)COC(=O)N1CCCN(CC(=O)Nc2ccc([N+](=O)[O-])cc2Cl)CC1. The summed E-state index contributed by atoms with van der Waals surface area (Å²) in [6.07, 6.45) is 0.417. The van der Waals surface area contributed by atoms with E-state index in [4.69, 9.17) is 16.3 Å². The smallest absolute Gasteiger partial charge is 0.409 e. The Balaban J connectivity index is 1.84. The highest BCUT2D eigenvalue weighted by atomic mass is 35.5. The molecule has 1 aliphatic heterocycles. The van der Waals surface area contributed by atoms with Crippen LogP contribution in [0.1, 0.15) is 20.3 Å². The fraction of sp³-hybridized carbons (Fsp3) is 0.556. The molecule has 10 heteroatoms. The van der Waals surface area contributed by atoms with Gasteiger partial charge in [0.1, 0.15) is 0 Å². The fourth-order valence-corrected chi connectivity index (χ4v) is 2.97. The first-order valence-electron chi connectivity index (χ1n) is 9.14. The van der Waals surface area contributed by atoms with E-state index in [9.17, 15) is 19.7 Å². The van der Waals surface area contributed by atoms with E-state index in [1.807, 2.05) is 18.7 Å². The summed E-state index contributed by atoms with van der Waals surface area (Å²) in [6.45, 7) is 6.79. The van der Waals surface area contributed by atoms with Crippen LogP contribution >= 0.6 is 11.6 Å². The summed E-state index contributed by atoms with van der Waals surface area (Å²) in [6, 6.07) is 3.89. The van der Waals surface area contributed by atoms with Gasteiger partial charge in [-0.2, -0.15) is 0 Å². The number of rotatable bonds is 6. The van der Waals surface area contributed by atoms with Crippen LogP contribution in [0.4, 0.5) is 16.2 Å². The Labute approximate surface area is 168 Å². The monoisotopic (exact) mass is 412 g/mol. The molecule has 1 N–H and O–H groups in total. The van der Waals surface area contributed by atoms with E-state index in [0.29, 0.717) is 38.5 Å². The lowest BCUT2D eigenvalue weighted by Crippen LogP contribution is -2.38. The van der Waals surface area contributed by atoms with Gasteiger partial charge < -0.3 is 15.0 Å². The molecule has 9 nitrogen and oxygen atoms in total. The van der Waals surface area contributed by atoms with Gasteiger partial charge in [0.15, 0.2) is 0 Å². The summed E-state index contributed by atoms with van der Waals surface area (Å²) in [5, 5.41) is 13.5. The van der Waals surface area contributed by atoms with E-state index in [1.165, 1.54) is 18.2 Å². The summed E-state index contributed by atoms with van der Waals surface area (Å²) < 4.78 is 5.26. The Morgan fingerprint density at radius 3 is 2.68 bits per heavy atom. The maximum Gasteiger partial charge on any atom is 0.409 e. The molecule has 0 aliphatic carbocycles. The van der Waals surface area contributed by atoms with Gasteiger partial charge in [0, 0.05) is 38.3 Å². The van der Waals surface area contributed by atoms with Crippen LogP contribution < -0.4 is 5.32 Å². The van der Waals surface area contributed by atoms with Crippen molar-refractivity contribution in [1.82, 2.24) is 9.80 Å². The number of carbonyl (C=O) groups excluding carboxylic acids is 2. The molecular formula is C18H25ClN4O5. The fourth-order valence-electron chi connectivity index (χ4n) is 2.75. The van der Waals surface area contributed by atoms with Crippen LogP contribution in [-0.2, 0) is 9.53 Å². The Bertz CT molecular complexity index is 728. The zero-order valence-corrected chi connectivity index (χ0v) is 16.8. The highest BCUT2D eigenvalue weighted by Gasteiger charge is 2.22. The van der Waals surface area contributed by atoms with E-state index in [-0.39, 0.29) is 35.2 Å². The molecule has 28 heavy (non-hydrogen) atoms. The van der Waals surface area contributed by atoms with Crippen LogP contribution in [0.25, 0.3) is 0 Å². The van der Waals surface area contributed by atoms with Gasteiger partial charge in [-0.05, 0) is 18.4 Å². The molecule has 154 valence electrons. The summed E-state index contributed by atoms with van der Waals surface area (Å²) in [7, 11) is 0. The number of carbonyl (C=O) groups is 2. The second-order valence-corrected chi connectivity index (χ2v) is 7.46. The molecule has 0 aromatic heterocycles. The number of non-ortho nitro benzene ring substituents is 1. The number of anilines is 1. The van der Waals surface area contributed by atoms with Crippen molar-refractivity contribution in [2.24, 2.45) is 5.92 Å². The topological polar surface area (TPSA) is 105 Å². The van der Waals surface area contributed by atoms with E-state index < -0.39 is 4.92 Å².